The summed E-state index contributed by atoms with van der Waals surface area (Å²) < 4.78 is 0. The van der Waals surface area contributed by atoms with Crippen molar-refractivity contribution in [3.05, 3.63) is 24.3 Å². The summed E-state index contributed by atoms with van der Waals surface area (Å²) in [6, 6.07) is 0. The van der Waals surface area contributed by atoms with Gasteiger partial charge >= 0.3 is 0 Å². The van der Waals surface area contributed by atoms with Crippen molar-refractivity contribution in [1.29, 1.82) is 0 Å². The first kappa shape index (κ1) is 9.01. The van der Waals surface area contributed by atoms with Crippen molar-refractivity contribution in [2.45, 2.75) is 25.7 Å². The van der Waals surface area contributed by atoms with Crippen LogP contribution < -0.4 is 0 Å². The Morgan fingerprint density at radius 3 is 2.62 bits per heavy atom. The molecule has 0 bridgehead atoms. The number of aliphatic hydroxyl groups excluding tert-OH is 1. The molecular weight excluding hydrogens is 160 g/mol. The van der Waals surface area contributed by atoms with E-state index in [2.05, 4.69) is 13.2 Å². The van der Waals surface area contributed by atoms with Crippen LogP contribution in [0.15, 0.2) is 24.3 Å². The van der Waals surface area contributed by atoms with Gasteiger partial charge in [-0.3, -0.25) is 0 Å². The van der Waals surface area contributed by atoms with E-state index in [1.807, 2.05) is 0 Å². The van der Waals surface area contributed by atoms with Gasteiger partial charge in [0.05, 0.1) is 0 Å². The molecule has 0 saturated heterocycles. The van der Waals surface area contributed by atoms with E-state index in [1.54, 1.807) is 0 Å². The molecule has 0 aromatic carbocycles. The van der Waals surface area contributed by atoms with Gasteiger partial charge in [0.25, 0.3) is 0 Å². The summed E-state index contributed by atoms with van der Waals surface area (Å²) in [5.74, 6) is 1.63. The minimum absolute atomic E-state index is 0.251. The second kappa shape index (κ2) is 3.30. The standard InChI is InChI=1S/C12H18O/c1-8-6-10(7-13)9(2)12-5-3-4-11(8)12/h10-13H,1-7H2. The number of rotatable bonds is 1. The number of hydrogen-bond donors (Lipinski definition) is 1. The molecule has 0 aromatic rings. The minimum atomic E-state index is 0.251. The monoisotopic (exact) mass is 178 g/mol. The van der Waals surface area contributed by atoms with Gasteiger partial charge < -0.3 is 5.11 Å². The highest BCUT2D eigenvalue weighted by Gasteiger charge is 2.38. The summed E-state index contributed by atoms with van der Waals surface area (Å²) in [4.78, 5) is 0. The van der Waals surface area contributed by atoms with Gasteiger partial charge in [0.2, 0.25) is 0 Å². The summed E-state index contributed by atoms with van der Waals surface area (Å²) in [5, 5.41) is 9.20. The van der Waals surface area contributed by atoms with Crippen molar-refractivity contribution in [3.8, 4) is 0 Å². The van der Waals surface area contributed by atoms with Gasteiger partial charge in [0, 0.05) is 12.5 Å². The van der Waals surface area contributed by atoms with Crippen molar-refractivity contribution in [2.24, 2.45) is 17.8 Å². The molecule has 3 unspecified atom stereocenters. The molecule has 0 spiro atoms. The van der Waals surface area contributed by atoms with Crippen LogP contribution >= 0.6 is 0 Å². The van der Waals surface area contributed by atoms with Crippen LogP contribution in [-0.4, -0.2) is 11.7 Å². The highest BCUT2D eigenvalue weighted by Crippen LogP contribution is 2.48. The van der Waals surface area contributed by atoms with Crippen LogP contribution in [-0.2, 0) is 0 Å². The lowest BCUT2D eigenvalue weighted by Gasteiger charge is -2.35. The summed E-state index contributed by atoms with van der Waals surface area (Å²) >= 11 is 0. The fourth-order valence-electron chi connectivity index (χ4n) is 2.98. The fraction of sp³-hybridized carbons (Fsp3) is 0.667. The van der Waals surface area contributed by atoms with E-state index < -0.39 is 0 Å². The first-order valence-corrected chi connectivity index (χ1v) is 5.21. The van der Waals surface area contributed by atoms with Crippen LogP contribution in [0.25, 0.3) is 0 Å². The molecule has 1 heteroatoms. The maximum atomic E-state index is 9.20. The first-order chi connectivity index (χ1) is 6.24. The lowest BCUT2D eigenvalue weighted by molar-refractivity contribution is 0.217. The van der Waals surface area contributed by atoms with Crippen LogP contribution in [0.1, 0.15) is 25.7 Å². The van der Waals surface area contributed by atoms with E-state index in [0.717, 1.165) is 6.42 Å². The molecule has 13 heavy (non-hydrogen) atoms. The maximum absolute atomic E-state index is 9.20. The molecule has 2 saturated carbocycles. The Labute approximate surface area is 80.2 Å². The van der Waals surface area contributed by atoms with Crippen LogP contribution in [0.5, 0.6) is 0 Å². The number of hydrogen-bond acceptors (Lipinski definition) is 1. The molecule has 0 amide bonds. The van der Waals surface area contributed by atoms with Crippen LogP contribution in [0, 0.1) is 17.8 Å². The Bertz CT molecular complexity index is 242. The normalized spacial score (nSPS) is 39.3. The van der Waals surface area contributed by atoms with Crippen molar-refractivity contribution < 1.29 is 5.11 Å². The van der Waals surface area contributed by atoms with Crippen LogP contribution in [0.2, 0.25) is 0 Å². The van der Waals surface area contributed by atoms with Crippen molar-refractivity contribution in [3.63, 3.8) is 0 Å². The first-order valence-electron chi connectivity index (χ1n) is 5.21. The van der Waals surface area contributed by atoms with E-state index in [0.29, 0.717) is 17.8 Å². The zero-order valence-corrected chi connectivity index (χ0v) is 8.13. The van der Waals surface area contributed by atoms with E-state index in [9.17, 15) is 5.11 Å². The molecule has 2 aliphatic rings. The Hall–Kier alpha value is -0.560. The summed E-state index contributed by atoms with van der Waals surface area (Å²) in [6.07, 6.45) is 4.84. The molecule has 0 heterocycles. The van der Waals surface area contributed by atoms with E-state index in [1.165, 1.54) is 30.4 Å². The van der Waals surface area contributed by atoms with E-state index >= 15 is 0 Å². The molecule has 72 valence electrons. The minimum Gasteiger partial charge on any atom is -0.396 e. The van der Waals surface area contributed by atoms with Gasteiger partial charge in [-0.2, -0.15) is 0 Å². The van der Waals surface area contributed by atoms with Crippen molar-refractivity contribution >= 4 is 0 Å². The molecule has 0 aliphatic heterocycles. The van der Waals surface area contributed by atoms with Gasteiger partial charge in [-0.25, -0.2) is 0 Å². The second-order valence-corrected chi connectivity index (χ2v) is 4.46. The molecule has 2 rings (SSSR count). The predicted molar refractivity (Wildman–Crippen MR) is 54.3 cm³/mol. The van der Waals surface area contributed by atoms with Crippen LogP contribution in [0.4, 0.5) is 0 Å². The molecule has 1 N–H and O–H groups in total. The molecule has 1 nitrogen and oxygen atoms in total. The van der Waals surface area contributed by atoms with E-state index in [4.69, 9.17) is 0 Å². The van der Waals surface area contributed by atoms with E-state index in [-0.39, 0.29) is 6.61 Å². The Balaban J connectivity index is 2.19. The third-order valence-electron chi connectivity index (χ3n) is 3.77. The van der Waals surface area contributed by atoms with Gasteiger partial charge in [-0.1, -0.05) is 30.7 Å². The molecule has 2 aliphatic carbocycles. The van der Waals surface area contributed by atoms with Crippen molar-refractivity contribution in [2.75, 3.05) is 6.61 Å². The third kappa shape index (κ3) is 1.35. The maximum Gasteiger partial charge on any atom is 0.0499 e. The quantitative estimate of drug-likeness (QED) is 0.612. The van der Waals surface area contributed by atoms with Gasteiger partial charge in [-0.05, 0) is 31.1 Å². The number of aliphatic hydroxyl groups is 1. The third-order valence-corrected chi connectivity index (χ3v) is 3.77. The van der Waals surface area contributed by atoms with Gasteiger partial charge in [0.1, 0.15) is 0 Å². The zero-order valence-electron chi connectivity index (χ0n) is 8.13. The Morgan fingerprint density at radius 2 is 1.92 bits per heavy atom. The van der Waals surface area contributed by atoms with Gasteiger partial charge in [0.15, 0.2) is 0 Å². The molecular formula is C12H18O. The smallest absolute Gasteiger partial charge is 0.0499 e. The number of allylic oxidation sites excluding steroid dienone is 1. The predicted octanol–water partition coefficient (Wildman–Crippen LogP) is 2.53. The Kier molecular flexibility index (Phi) is 2.29. The van der Waals surface area contributed by atoms with Crippen LogP contribution in [0.3, 0.4) is 0 Å². The summed E-state index contributed by atoms with van der Waals surface area (Å²) in [6.45, 7) is 8.53. The molecule has 0 radical (unpaired) electrons. The topological polar surface area (TPSA) is 20.2 Å². The second-order valence-electron chi connectivity index (χ2n) is 4.46. The molecule has 0 aromatic heterocycles. The lowest BCUT2D eigenvalue weighted by Crippen LogP contribution is -2.27. The highest BCUT2D eigenvalue weighted by atomic mass is 16.3. The molecule has 3 atom stereocenters. The highest BCUT2D eigenvalue weighted by molar-refractivity contribution is 5.24. The zero-order chi connectivity index (χ0) is 9.42. The average molecular weight is 178 g/mol. The van der Waals surface area contributed by atoms with Gasteiger partial charge in [-0.15, -0.1) is 0 Å². The van der Waals surface area contributed by atoms with Crippen molar-refractivity contribution in [1.82, 2.24) is 0 Å². The summed E-state index contributed by atoms with van der Waals surface area (Å²) in [5.41, 5.74) is 2.64. The lowest BCUT2D eigenvalue weighted by atomic mass is 9.70. The Morgan fingerprint density at radius 1 is 1.23 bits per heavy atom. The summed E-state index contributed by atoms with van der Waals surface area (Å²) in [7, 11) is 0. The SMILES string of the molecule is C=C1CC(CO)C(=C)C2CCCC12. The average Bonchev–Trinajstić information content (AvgIpc) is 2.60. The fourth-order valence-corrected chi connectivity index (χ4v) is 2.98. The molecule has 2 fully saturated rings. The largest absolute Gasteiger partial charge is 0.396 e. The number of fused-ring (bicyclic) bond motifs is 1.